The maximum Gasteiger partial charge on any atom is 0.303 e. The van der Waals surface area contributed by atoms with Crippen molar-refractivity contribution < 1.29 is 19.1 Å². The van der Waals surface area contributed by atoms with E-state index in [1.807, 2.05) is 6.92 Å². The van der Waals surface area contributed by atoms with Crippen LogP contribution in [0.4, 0.5) is 0 Å². The summed E-state index contributed by atoms with van der Waals surface area (Å²) in [6.45, 7) is 2.41. The van der Waals surface area contributed by atoms with Crippen molar-refractivity contribution in [1.82, 2.24) is 5.32 Å². The molecule has 0 aliphatic heterocycles. The van der Waals surface area contributed by atoms with Crippen molar-refractivity contribution in [2.24, 2.45) is 0 Å². The lowest BCUT2D eigenvalue weighted by atomic mass is 10.1. The Hall–Kier alpha value is -1.78. The van der Waals surface area contributed by atoms with Gasteiger partial charge in [-0.15, -0.1) is 0 Å². The summed E-state index contributed by atoms with van der Waals surface area (Å²) >= 11 is 0. The molecule has 0 unspecified atom stereocenters. The summed E-state index contributed by atoms with van der Waals surface area (Å²) in [6, 6.07) is 1.75. The Kier molecular flexibility index (Phi) is 5.97. The minimum atomic E-state index is -0.753. The molecular formula is C13H19NO4. The van der Waals surface area contributed by atoms with Crippen LogP contribution in [0.15, 0.2) is 16.7 Å². The normalized spacial score (nSPS) is 10.3. The molecule has 2 N–H and O–H groups in total. The van der Waals surface area contributed by atoms with Gasteiger partial charge in [0.1, 0.15) is 0 Å². The maximum absolute atomic E-state index is 11.6. The second-order valence-electron chi connectivity index (χ2n) is 4.25. The van der Waals surface area contributed by atoms with Crippen molar-refractivity contribution >= 4 is 11.9 Å². The molecule has 1 rings (SSSR count). The molecule has 1 heterocycles. The van der Waals surface area contributed by atoms with Crippen LogP contribution in [0.3, 0.4) is 0 Å². The van der Waals surface area contributed by atoms with E-state index in [9.17, 15) is 9.59 Å². The minimum Gasteiger partial charge on any atom is -0.481 e. The highest BCUT2D eigenvalue weighted by molar-refractivity contribution is 5.92. The SMILES string of the molecule is Cc1ccoc1C(=O)NCCCCCCC(=O)O. The van der Waals surface area contributed by atoms with E-state index in [1.54, 1.807) is 6.07 Å². The van der Waals surface area contributed by atoms with E-state index in [-0.39, 0.29) is 12.3 Å². The van der Waals surface area contributed by atoms with E-state index >= 15 is 0 Å². The Bertz CT molecular complexity index is 397. The largest absolute Gasteiger partial charge is 0.481 e. The van der Waals surface area contributed by atoms with Gasteiger partial charge in [-0.25, -0.2) is 0 Å². The molecule has 1 aromatic heterocycles. The fourth-order valence-electron chi connectivity index (χ4n) is 1.64. The number of aliphatic carboxylic acids is 1. The first-order chi connectivity index (χ1) is 8.61. The van der Waals surface area contributed by atoms with Crippen molar-refractivity contribution in [3.05, 3.63) is 23.7 Å². The van der Waals surface area contributed by atoms with Crippen LogP contribution in [0.2, 0.25) is 0 Å². The van der Waals surface area contributed by atoms with Gasteiger partial charge in [0.2, 0.25) is 0 Å². The summed E-state index contributed by atoms with van der Waals surface area (Å²) in [4.78, 5) is 21.9. The van der Waals surface area contributed by atoms with Crippen molar-refractivity contribution in [1.29, 1.82) is 0 Å². The predicted octanol–water partition coefficient (Wildman–Crippen LogP) is 2.35. The predicted molar refractivity (Wildman–Crippen MR) is 66.5 cm³/mol. The number of hydrogen-bond acceptors (Lipinski definition) is 3. The van der Waals surface area contributed by atoms with E-state index < -0.39 is 5.97 Å². The van der Waals surface area contributed by atoms with Crippen LogP contribution in [0, 0.1) is 6.92 Å². The topological polar surface area (TPSA) is 79.5 Å². The van der Waals surface area contributed by atoms with Crippen molar-refractivity contribution in [2.75, 3.05) is 6.54 Å². The third kappa shape index (κ3) is 5.03. The number of carbonyl (C=O) groups excluding carboxylic acids is 1. The van der Waals surface area contributed by atoms with E-state index in [2.05, 4.69) is 5.32 Å². The molecule has 5 heteroatoms. The molecule has 18 heavy (non-hydrogen) atoms. The second kappa shape index (κ2) is 7.53. The van der Waals surface area contributed by atoms with Crippen LogP contribution in [0.5, 0.6) is 0 Å². The number of amides is 1. The highest BCUT2D eigenvalue weighted by Crippen LogP contribution is 2.08. The molecule has 0 radical (unpaired) electrons. The average molecular weight is 253 g/mol. The zero-order chi connectivity index (χ0) is 13.4. The van der Waals surface area contributed by atoms with Gasteiger partial charge in [-0.1, -0.05) is 12.8 Å². The Labute approximate surface area is 106 Å². The Balaban J connectivity index is 2.06. The Morgan fingerprint density at radius 3 is 2.61 bits per heavy atom. The fraction of sp³-hybridized carbons (Fsp3) is 0.538. The van der Waals surface area contributed by atoms with E-state index in [4.69, 9.17) is 9.52 Å². The van der Waals surface area contributed by atoms with Crippen molar-refractivity contribution in [3.63, 3.8) is 0 Å². The smallest absolute Gasteiger partial charge is 0.303 e. The first-order valence-electron chi connectivity index (χ1n) is 6.15. The monoisotopic (exact) mass is 253 g/mol. The van der Waals surface area contributed by atoms with Gasteiger partial charge in [-0.2, -0.15) is 0 Å². The molecule has 5 nitrogen and oxygen atoms in total. The van der Waals surface area contributed by atoms with Crippen LogP contribution in [-0.2, 0) is 4.79 Å². The number of hydrogen-bond donors (Lipinski definition) is 2. The molecule has 0 saturated heterocycles. The number of carboxylic acids is 1. The lowest BCUT2D eigenvalue weighted by Gasteiger charge is -2.03. The number of nitrogens with one attached hydrogen (secondary N) is 1. The summed E-state index contributed by atoms with van der Waals surface area (Å²) in [6.07, 6.45) is 5.06. The molecule has 0 aliphatic carbocycles. The maximum atomic E-state index is 11.6. The Morgan fingerprint density at radius 2 is 2.00 bits per heavy atom. The van der Waals surface area contributed by atoms with Gasteiger partial charge in [-0.05, 0) is 25.8 Å². The molecule has 100 valence electrons. The highest BCUT2D eigenvalue weighted by atomic mass is 16.4. The van der Waals surface area contributed by atoms with Gasteiger partial charge in [0.05, 0.1) is 6.26 Å². The summed E-state index contributed by atoms with van der Waals surface area (Å²) < 4.78 is 5.07. The van der Waals surface area contributed by atoms with Gasteiger partial charge >= 0.3 is 5.97 Å². The van der Waals surface area contributed by atoms with Crippen molar-refractivity contribution in [2.45, 2.75) is 39.0 Å². The number of unbranched alkanes of at least 4 members (excludes halogenated alkanes) is 3. The lowest BCUT2D eigenvalue weighted by Crippen LogP contribution is -2.24. The van der Waals surface area contributed by atoms with Gasteiger partial charge < -0.3 is 14.8 Å². The first-order valence-corrected chi connectivity index (χ1v) is 6.15. The second-order valence-corrected chi connectivity index (χ2v) is 4.25. The van der Waals surface area contributed by atoms with Crippen LogP contribution >= 0.6 is 0 Å². The third-order valence-corrected chi connectivity index (χ3v) is 2.67. The zero-order valence-electron chi connectivity index (χ0n) is 10.6. The molecule has 0 aliphatic rings. The molecule has 1 aromatic rings. The molecule has 0 bridgehead atoms. The molecule has 0 fully saturated rings. The third-order valence-electron chi connectivity index (χ3n) is 2.67. The van der Waals surface area contributed by atoms with E-state index in [1.165, 1.54) is 6.26 Å². The number of rotatable bonds is 8. The van der Waals surface area contributed by atoms with Crippen LogP contribution in [0.1, 0.15) is 48.2 Å². The standard InChI is InChI=1S/C13H19NO4/c1-10-7-9-18-12(10)13(17)14-8-5-3-2-4-6-11(15)16/h7,9H,2-6,8H2,1H3,(H,14,17)(H,15,16). The van der Waals surface area contributed by atoms with Gasteiger partial charge in [0.15, 0.2) is 5.76 Å². The van der Waals surface area contributed by atoms with E-state index in [0.717, 1.165) is 24.8 Å². The molecule has 1 amide bonds. The van der Waals surface area contributed by atoms with E-state index in [0.29, 0.717) is 18.7 Å². The molecular weight excluding hydrogens is 234 g/mol. The van der Waals surface area contributed by atoms with Crippen LogP contribution in [0.25, 0.3) is 0 Å². The number of aryl methyl sites for hydroxylation is 1. The van der Waals surface area contributed by atoms with Gasteiger partial charge in [0.25, 0.3) is 5.91 Å². The molecule has 0 saturated carbocycles. The van der Waals surface area contributed by atoms with Gasteiger partial charge in [-0.3, -0.25) is 9.59 Å². The molecule has 0 atom stereocenters. The zero-order valence-corrected chi connectivity index (χ0v) is 10.6. The number of carboxylic acid groups (broad SMARTS) is 1. The quantitative estimate of drug-likeness (QED) is 0.697. The lowest BCUT2D eigenvalue weighted by molar-refractivity contribution is -0.137. The number of carbonyl (C=O) groups is 2. The summed E-state index contributed by atoms with van der Waals surface area (Å²) in [5.74, 6) is -0.583. The van der Waals surface area contributed by atoms with Crippen LogP contribution in [-0.4, -0.2) is 23.5 Å². The number of furan rings is 1. The summed E-state index contributed by atoms with van der Waals surface area (Å²) in [5.41, 5.74) is 0.828. The summed E-state index contributed by atoms with van der Waals surface area (Å²) in [5, 5.41) is 11.2. The average Bonchev–Trinajstić information content (AvgIpc) is 2.73. The first kappa shape index (κ1) is 14.3. The highest BCUT2D eigenvalue weighted by Gasteiger charge is 2.11. The van der Waals surface area contributed by atoms with Crippen LogP contribution < -0.4 is 5.32 Å². The molecule has 0 spiro atoms. The molecule has 0 aromatic carbocycles. The minimum absolute atomic E-state index is 0.192. The fourth-order valence-corrected chi connectivity index (χ4v) is 1.64. The van der Waals surface area contributed by atoms with Gasteiger partial charge in [0, 0.05) is 18.5 Å². The Morgan fingerprint density at radius 1 is 1.28 bits per heavy atom. The van der Waals surface area contributed by atoms with Crippen molar-refractivity contribution in [3.8, 4) is 0 Å². The summed E-state index contributed by atoms with van der Waals surface area (Å²) in [7, 11) is 0.